The quantitative estimate of drug-likeness (QED) is 0.662. The van der Waals surface area contributed by atoms with Crippen LogP contribution in [0.4, 0.5) is 4.79 Å². The van der Waals surface area contributed by atoms with Crippen molar-refractivity contribution in [1.82, 2.24) is 10.2 Å². The van der Waals surface area contributed by atoms with E-state index in [4.69, 9.17) is 4.74 Å². The number of ether oxygens (including phenoxy) is 1. The molecule has 0 bridgehead atoms. The Balaban J connectivity index is 1.31. The fourth-order valence-corrected chi connectivity index (χ4v) is 4.69. The molecule has 3 rings (SSSR count). The van der Waals surface area contributed by atoms with Gasteiger partial charge in [-0.3, -0.25) is 4.79 Å². The molecular formula is C25H38N2O3. The Morgan fingerprint density at radius 1 is 1.00 bits per heavy atom. The van der Waals surface area contributed by atoms with Crippen molar-refractivity contribution in [3.63, 3.8) is 0 Å². The van der Waals surface area contributed by atoms with Crippen LogP contribution in [0, 0.1) is 11.8 Å². The van der Waals surface area contributed by atoms with Gasteiger partial charge in [-0.05, 0) is 91.3 Å². The van der Waals surface area contributed by atoms with Crippen LogP contribution >= 0.6 is 0 Å². The van der Waals surface area contributed by atoms with E-state index in [2.05, 4.69) is 10.2 Å². The summed E-state index contributed by atoms with van der Waals surface area (Å²) in [6.45, 7) is 8.86. The van der Waals surface area contributed by atoms with Crippen LogP contribution in [0.3, 0.4) is 0 Å². The van der Waals surface area contributed by atoms with Crippen LogP contribution in [0.1, 0.15) is 76.1 Å². The zero-order chi connectivity index (χ0) is 21.6. The summed E-state index contributed by atoms with van der Waals surface area (Å²) in [5, 5.41) is 3.03. The molecule has 5 heteroatoms. The Kier molecular flexibility index (Phi) is 7.93. The number of benzene rings is 1. The number of nitrogens with one attached hydrogen (secondary N) is 1. The van der Waals surface area contributed by atoms with Crippen molar-refractivity contribution in [2.24, 2.45) is 11.8 Å². The number of amides is 1. The molecule has 0 unspecified atom stereocenters. The van der Waals surface area contributed by atoms with E-state index in [0.717, 1.165) is 56.8 Å². The summed E-state index contributed by atoms with van der Waals surface area (Å²) in [6.07, 6.45) is 7.29. The maximum absolute atomic E-state index is 12.6. The van der Waals surface area contributed by atoms with Gasteiger partial charge in [-0.2, -0.15) is 0 Å². The fraction of sp³-hybridized carbons (Fsp3) is 0.680. The number of rotatable bonds is 6. The molecule has 30 heavy (non-hydrogen) atoms. The second-order valence-corrected chi connectivity index (χ2v) is 10.00. The zero-order valence-corrected chi connectivity index (χ0v) is 18.9. The van der Waals surface area contributed by atoms with Gasteiger partial charge in [-0.1, -0.05) is 30.3 Å². The molecule has 1 amide bonds. The van der Waals surface area contributed by atoms with E-state index in [0.29, 0.717) is 5.78 Å². The third-order valence-corrected chi connectivity index (χ3v) is 6.44. The number of hydrogen-bond donors (Lipinski definition) is 1. The summed E-state index contributed by atoms with van der Waals surface area (Å²) >= 11 is 0. The molecule has 1 N–H and O–H groups in total. The van der Waals surface area contributed by atoms with Gasteiger partial charge in [0, 0.05) is 17.5 Å². The number of carbonyl (C=O) groups is 2. The lowest BCUT2D eigenvalue weighted by molar-refractivity contribution is 0.0485. The van der Waals surface area contributed by atoms with Gasteiger partial charge in [0.05, 0.1) is 0 Å². The molecule has 1 saturated carbocycles. The molecule has 0 spiro atoms. The number of alkyl carbamates (subject to hydrolysis) is 1. The van der Waals surface area contributed by atoms with E-state index in [1.165, 1.54) is 19.3 Å². The van der Waals surface area contributed by atoms with Crippen LogP contribution in [0.2, 0.25) is 0 Å². The lowest BCUT2D eigenvalue weighted by atomic mass is 9.83. The SMILES string of the molecule is CC(C)(C)OC(=O)NC1CCC(CCN2CCC(C(=O)c3ccccc3)CC2)CC1. The largest absolute Gasteiger partial charge is 0.444 e. The van der Waals surface area contributed by atoms with Gasteiger partial charge in [-0.25, -0.2) is 4.79 Å². The summed E-state index contributed by atoms with van der Waals surface area (Å²) in [5.74, 6) is 1.23. The molecule has 2 aliphatic rings. The normalized spacial score (nSPS) is 23.7. The molecule has 1 saturated heterocycles. The second kappa shape index (κ2) is 10.4. The van der Waals surface area contributed by atoms with Crippen molar-refractivity contribution in [3.05, 3.63) is 35.9 Å². The topological polar surface area (TPSA) is 58.6 Å². The number of ketones is 1. The highest BCUT2D eigenvalue weighted by Crippen LogP contribution is 2.28. The van der Waals surface area contributed by atoms with Crippen molar-refractivity contribution >= 4 is 11.9 Å². The van der Waals surface area contributed by atoms with Crippen molar-refractivity contribution in [1.29, 1.82) is 0 Å². The van der Waals surface area contributed by atoms with Crippen LogP contribution in [-0.2, 0) is 4.74 Å². The molecule has 1 aliphatic carbocycles. The van der Waals surface area contributed by atoms with Gasteiger partial charge in [-0.15, -0.1) is 0 Å². The van der Waals surface area contributed by atoms with Crippen molar-refractivity contribution < 1.29 is 14.3 Å². The Hall–Kier alpha value is -1.88. The number of piperidine rings is 1. The minimum atomic E-state index is -0.444. The van der Waals surface area contributed by atoms with E-state index in [9.17, 15) is 9.59 Å². The van der Waals surface area contributed by atoms with Gasteiger partial charge in [0.2, 0.25) is 0 Å². The van der Waals surface area contributed by atoms with E-state index >= 15 is 0 Å². The summed E-state index contributed by atoms with van der Waals surface area (Å²) < 4.78 is 5.37. The number of Topliss-reactive ketones (excluding diaryl/α,β-unsaturated/α-hetero) is 1. The fourth-order valence-electron chi connectivity index (χ4n) is 4.69. The smallest absolute Gasteiger partial charge is 0.407 e. The number of carbonyl (C=O) groups excluding carboxylic acids is 2. The molecule has 1 aliphatic heterocycles. The molecule has 166 valence electrons. The minimum Gasteiger partial charge on any atom is -0.444 e. The van der Waals surface area contributed by atoms with E-state index in [1.54, 1.807) is 0 Å². The maximum atomic E-state index is 12.6. The highest BCUT2D eigenvalue weighted by molar-refractivity contribution is 5.97. The Labute approximate surface area is 181 Å². The molecule has 5 nitrogen and oxygen atoms in total. The predicted octanol–water partition coefficient (Wildman–Crippen LogP) is 5.05. The Bertz CT molecular complexity index is 682. The molecule has 1 heterocycles. The van der Waals surface area contributed by atoms with Crippen LogP contribution in [0.15, 0.2) is 30.3 Å². The number of likely N-dealkylation sites (tertiary alicyclic amines) is 1. The van der Waals surface area contributed by atoms with E-state index < -0.39 is 5.60 Å². The molecular weight excluding hydrogens is 376 g/mol. The molecule has 0 aromatic heterocycles. The van der Waals surface area contributed by atoms with Gasteiger partial charge in [0.25, 0.3) is 0 Å². The van der Waals surface area contributed by atoms with Gasteiger partial charge < -0.3 is 15.0 Å². The Morgan fingerprint density at radius 2 is 1.63 bits per heavy atom. The average Bonchev–Trinajstić information content (AvgIpc) is 2.72. The van der Waals surface area contributed by atoms with Crippen LogP contribution < -0.4 is 5.32 Å². The highest BCUT2D eigenvalue weighted by atomic mass is 16.6. The molecule has 2 fully saturated rings. The third kappa shape index (κ3) is 7.12. The van der Waals surface area contributed by atoms with Gasteiger partial charge in [0.15, 0.2) is 5.78 Å². The van der Waals surface area contributed by atoms with Crippen LogP contribution in [0.5, 0.6) is 0 Å². The zero-order valence-electron chi connectivity index (χ0n) is 18.9. The molecule has 0 atom stereocenters. The second-order valence-electron chi connectivity index (χ2n) is 10.00. The monoisotopic (exact) mass is 414 g/mol. The lowest BCUT2D eigenvalue weighted by Crippen LogP contribution is -2.41. The first-order chi connectivity index (χ1) is 14.3. The number of nitrogens with zero attached hydrogens (tertiary/aromatic N) is 1. The third-order valence-electron chi connectivity index (χ3n) is 6.44. The first-order valence-electron chi connectivity index (χ1n) is 11.6. The minimum absolute atomic E-state index is 0.179. The number of hydrogen-bond acceptors (Lipinski definition) is 4. The van der Waals surface area contributed by atoms with Crippen LogP contribution in [-0.4, -0.2) is 48.1 Å². The van der Waals surface area contributed by atoms with Crippen molar-refractivity contribution in [3.8, 4) is 0 Å². The first-order valence-corrected chi connectivity index (χ1v) is 11.6. The van der Waals surface area contributed by atoms with E-state index in [1.807, 2.05) is 51.1 Å². The van der Waals surface area contributed by atoms with Crippen molar-refractivity contribution in [2.75, 3.05) is 19.6 Å². The lowest BCUT2D eigenvalue weighted by Gasteiger charge is -2.34. The van der Waals surface area contributed by atoms with Gasteiger partial charge in [0.1, 0.15) is 5.60 Å². The summed E-state index contributed by atoms with van der Waals surface area (Å²) in [5.41, 5.74) is 0.410. The van der Waals surface area contributed by atoms with Crippen molar-refractivity contribution in [2.45, 2.75) is 77.4 Å². The summed E-state index contributed by atoms with van der Waals surface area (Å²) in [7, 11) is 0. The summed E-state index contributed by atoms with van der Waals surface area (Å²) in [4.78, 5) is 27.1. The standard InChI is InChI=1S/C25H38N2O3/c1-25(2,3)30-24(29)26-22-11-9-19(10-12-22)13-16-27-17-14-21(15-18-27)23(28)20-7-5-4-6-8-20/h4-8,19,21-22H,9-18H2,1-3H3,(H,26,29). The first kappa shape index (κ1) is 22.8. The molecule has 1 aromatic carbocycles. The summed E-state index contributed by atoms with van der Waals surface area (Å²) in [6, 6.07) is 9.96. The Morgan fingerprint density at radius 3 is 2.23 bits per heavy atom. The van der Waals surface area contributed by atoms with E-state index in [-0.39, 0.29) is 18.1 Å². The predicted molar refractivity (Wildman–Crippen MR) is 120 cm³/mol. The molecule has 0 radical (unpaired) electrons. The van der Waals surface area contributed by atoms with Gasteiger partial charge >= 0.3 is 6.09 Å². The van der Waals surface area contributed by atoms with Crippen LogP contribution in [0.25, 0.3) is 0 Å². The maximum Gasteiger partial charge on any atom is 0.407 e. The highest BCUT2D eigenvalue weighted by Gasteiger charge is 2.28. The molecule has 1 aromatic rings. The average molecular weight is 415 g/mol.